The zero-order valence-electron chi connectivity index (χ0n) is 15.0. The molecule has 0 radical (unpaired) electrons. The Kier molecular flexibility index (Phi) is 5.43. The Bertz CT molecular complexity index is 1170. The van der Waals surface area contributed by atoms with E-state index in [-0.39, 0.29) is 29.8 Å². The molecule has 1 fully saturated rings. The lowest BCUT2D eigenvalue weighted by Gasteiger charge is -2.30. The molecule has 0 unspecified atom stereocenters. The van der Waals surface area contributed by atoms with Crippen LogP contribution in [0.5, 0.6) is 5.19 Å². The van der Waals surface area contributed by atoms with Gasteiger partial charge in [-0.15, -0.1) is 0 Å². The summed E-state index contributed by atoms with van der Waals surface area (Å²) in [6, 6.07) is 10.6. The largest absolute Gasteiger partial charge is 0.467 e. The van der Waals surface area contributed by atoms with Crippen LogP contribution in [0.4, 0.5) is 5.69 Å². The summed E-state index contributed by atoms with van der Waals surface area (Å²) in [6.07, 6.45) is 0.834. The lowest BCUT2D eigenvalue weighted by atomic mass is 10.1. The summed E-state index contributed by atoms with van der Waals surface area (Å²) in [6.45, 7) is 0.530. The predicted octanol–water partition coefficient (Wildman–Crippen LogP) is 4.09. The van der Waals surface area contributed by atoms with Gasteiger partial charge in [0.1, 0.15) is 11.6 Å². The SMILES string of the molecule is O=[N+]([O-])c1cccc(S(=O)(=O)N2CCC(Oc3nc4c(Cl)cccc4s3)CC2)c1. The van der Waals surface area contributed by atoms with E-state index in [2.05, 4.69) is 4.98 Å². The van der Waals surface area contributed by atoms with Crippen LogP contribution in [-0.4, -0.2) is 41.8 Å². The number of hydrogen-bond donors (Lipinski definition) is 0. The van der Waals surface area contributed by atoms with Gasteiger partial charge >= 0.3 is 0 Å². The number of piperidine rings is 1. The second kappa shape index (κ2) is 7.86. The summed E-state index contributed by atoms with van der Waals surface area (Å²) < 4.78 is 33.9. The molecular formula is C18H16ClN3O5S2. The van der Waals surface area contributed by atoms with Crippen molar-refractivity contribution in [2.24, 2.45) is 0 Å². The van der Waals surface area contributed by atoms with E-state index >= 15 is 0 Å². The molecule has 1 aliphatic rings. The molecule has 2 heterocycles. The zero-order valence-corrected chi connectivity index (χ0v) is 17.4. The molecule has 2 aromatic carbocycles. The van der Waals surface area contributed by atoms with Crippen LogP contribution in [0.1, 0.15) is 12.8 Å². The van der Waals surface area contributed by atoms with E-state index in [1.165, 1.54) is 33.8 Å². The first-order valence-corrected chi connectivity index (χ1v) is 11.4. The minimum absolute atomic E-state index is 0.0770. The van der Waals surface area contributed by atoms with Gasteiger partial charge < -0.3 is 4.74 Å². The number of nitrogens with zero attached hydrogens (tertiary/aromatic N) is 3. The normalized spacial score (nSPS) is 16.2. The zero-order chi connectivity index (χ0) is 20.6. The summed E-state index contributed by atoms with van der Waals surface area (Å²) in [7, 11) is -3.80. The number of para-hydroxylation sites is 1. The Morgan fingerprint density at radius 1 is 1.21 bits per heavy atom. The lowest BCUT2D eigenvalue weighted by Crippen LogP contribution is -2.41. The molecule has 0 bridgehead atoms. The minimum atomic E-state index is -3.80. The molecule has 0 aliphatic carbocycles. The smallest absolute Gasteiger partial charge is 0.274 e. The van der Waals surface area contributed by atoms with Crippen LogP contribution in [0, 0.1) is 10.1 Å². The summed E-state index contributed by atoms with van der Waals surface area (Å²) in [4.78, 5) is 14.7. The molecular weight excluding hydrogens is 438 g/mol. The summed E-state index contributed by atoms with van der Waals surface area (Å²) in [5.74, 6) is 0. The van der Waals surface area contributed by atoms with Crippen molar-refractivity contribution in [1.29, 1.82) is 0 Å². The van der Waals surface area contributed by atoms with Crippen LogP contribution in [0.15, 0.2) is 47.4 Å². The van der Waals surface area contributed by atoms with Gasteiger partial charge in [-0.25, -0.2) is 13.4 Å². The Morgan fingerprint density at radius 2 is 1.93 bits per heavy atom. The van der Waals surface area contributed by atoms with E-state index in [0.717, 1.165) is 10.8 Å². The molecule has 152 valence electrons. The maximum atomic E-state index is 12.8. The standard InChI is InChI=1S/C18H16ClN3O5S2/c19-15-5-2-6-16-17(15)20-18(28-16)27-13-7-9-21(10-8-13)29(25,26)14-4-1-3-12(11-14)22(23)24/h1-6,11,13H,7-10H2. The topological polar surface area (TPSA) is 103 Å². The first-order valence-electron chi connectivity index (χ1n) is 8.81. The van der Waals surface area contributed by atoms with Gasteiger partial charge in [-0.2, -0.15) is 4.31 Å². The molecule has 1 aliphatic heterocycles. The van der Waals surface area contributed by atoms with Crippen molar-refractivity contribution >= 4 is 48.9 Å². The van der Waals surface area contributed by atoms with E-state index in [1.807, 2.05) is 12.1 Å². The molecule has 0 spiro atoms. The van der Waals surface area contributed by atoms with Gasteiger partial charge in [-0.1, -0.05) is 35.1 Å². The van der Waals surface area contributed by atoms with Gasteiger partial charge in [0.05, 0.1) is 19.5 Å². The van der Waals surface area contributed by atoms with Crippen molar-refractivity contribution in [3.8, 4) is 5.19 Å². The number of rotatable bonds is 5. The third-order valence-corrected chi connectivity index (χ3v) is 7.80. The highest BCUT2D eigenvalue weighted by Crippen LogP contribution is 2.33. The fourth-order valence-electron chi connectivity index (χ4n) is 3.18. The first kappa shape index (κ1) is 20.0. The van der Waals surface area contributed by atoms with Crippen molar-refractivity contribution in [2.75, 3.05) is 13.1 Å². The molecule has 1 aromatic heterocycles. The van der Waals surface area contributed by atoms with E-state index in [9.17, 15) is 18.5 Å². The Balaban J connectivity index is 1.44. The van der Waals surface area contributed by atoms with Crippen molar-refractivity contribution in [1.82, 2.24) is 9.29 Å². The first-order chi connectivity index (χ1) is 13.8. The number of fused-ring (bicyclic) bond motifs is 1. The Morgan fingerprint density at radius 3 is 2.62 bits per heavy atom. The quantitative estimate of drug-likeness (QED) is 0.425. The summed E-state index contributed by atoms with van der Waals surface area (Å²) in [5, 5.41) is 12.0. The van der Waals surface area contributed by atoms with Gasteiger partial charge in [0.25, 0.3) is 10.9 Å². The molecule has 0 amide bonds. The number of aromatic nitrogens is 1. The predicted molar refractivity (Wildman–Crippen MR) is 110 cm³/mol. The van der Waals surface area contributed by atoms with Crippen LogP contribution in [-0.2, 0) is 10.0 Å². The monoisotopic (exact) mass is 453 g/mol. The number of benzene rings is 2. The average Bonchev–Trinajstić information content (AvgIpc) is 3.12. The average molecular weight is 454 g/mol. The fourth-order valence-corrected chi connectivity index (χ4v) is 5.88. The number of non-ortho nitro benzene ring substituents is 1. The van der Waals surface area contributed by atoms with Crippen LogP contribution in [0.3, 0.4) is 0 Å². The second-order valence-corrected chi connectivity index (χ2v) is 9.88. The van der Waals surface area contributed by atoms with Crippen LogP contribution in [0.2, 0.25) is 5.02 Å². The highest BCUT2D eigenvalue weighted by Gasteiger charge is 2.31. The van der Waals surface area contributed by atoms with E-state index < -0.39 is 14.9 Å². The fraction of sp³-hybridized carbons (Fsp3) is 0.278. The Hall–Kier alpha value is -2.27. The number of ether oxygens (including phenoxy) is 1. The molecule has 3 aromatic rings. The molecule has 0 atom stereocenters. The molecule has 0 saturated carbocycles. The van der Waals surface area contributed by atoms with Crippen molar-refractivity contribution in [2.45, 2.75) is 23.8 Å². The van der Waals surface area contributed by atoms with Gasteiger partial charge in [-0.05, 0) is 31.0 Å². The highest BCUT2D eigenvalue weighted by atomic mass is 35.5. The number of thiazole rings is 1. The van der Waals surface area contributed by atoms with Crippen molar-refractivity contribution in [3.63, 3.8) is 0 Å². The minimum Gasteiger partial charge on any atom is -0.467 e. The maximum Gasteiger partial charge on any atom is 0.274 e. The number of nitro benzene ring substituents is 1. The molecule has 29 heavy (non-hydrogen) atoms. The lowest BCUT2D eigenvalue weighted by molar-refractivity contribution is -0.385. The van der Waals surface area contributed by atoms with Crippen LogP contribution < -0.4 is 4.74 Å². The highest BCUT2D eigenvalue weighted by molar-refractivity contribution is 7.89. The van der Waals surface area contributed by atoms with Gasteiger partial charge in [0, 0.05) is 25.2 Å². The number of sulfonamides is 1. The van der Waals surface area contributed by atoms with Gasteiger partial charge in [-0.3, -0.25) is 10.1 Å². The maximum absolute atomic E-state index is 12.8. The Labute approximate surface area is 175 Å². The van der Waals surface area contributed by atoms with Crippen LogP contribution >= 0.6 is 22.9 Å². The van der Waals surface area contributed by atoms with Crippen LogP contribution in [0.25, 0.3) is 10.2 Å². The van der Waals surface area contributed by atoms with E-state index in [1.54, 1.807) is 6.07 Å². The molecule has 8 nitrogen and oxygen atoms in total. The molecule has 4 rings (SSSR count). The number of hydrogen-bond acceptors (Lipinski definition) is 7. The second-order valence-electron chi connectivity index (χ2n) is 6.54. The number of halogens is 1. The van der Waals surface area contributed by atoms with Crippen molar-refractivity contribution < 1.29 is 18.1 Å². The van der Waals surface area contributed by atoms with E-state index in [0.29, 0.717) is 28.6 Å². The van der Waals surface area contributed by atoms with Gasteiger partial charge in [0.2, 0.25) is 10.0 Å². The summed E-state index contributed by atoms with van der Waals surface area (Å²) in [5.41, 5.74) is 0.443. The summed E-state index contributed by atoms with van der Waals surface area (Å²) >= 11 is 7.54. The van der Waals surface area contributed by atoms with E-state index in [4.69, 9.17) is 16.3 Å². The van der Waals surface area contributed by atoms with Gasteiger partial charge in [0.15, 0.2) is 0 Å². The van der Waals surface area contributed by atoms with Crippen molar-refractivity contribution in [3.05, 3.63) is 57.6 Å². The third kappa shape index (κ3) is 4.06. The molecule has 0 N–H and O–H groups in total. The molecule has 1 saturated heterocycles. The number of nitro groups is 1. The molecule has 11 heteroatoms. The third-order valence-electron chi connectivity index (χ3n) is 4.68.